The van der Waals surface area contributed by atoms with Crippen molar-refractivity contribution in [2.75, 3.05) is 32.2 Å². The first-order valence-corrected chi connectivity index (χ1v) is 9.01. The quantitative estimate of drug-likeness (QED) is 0.572. The summed E-state index contributed by atoms with van der Waals surface area (Å²) >= 11 is 1.26. The molecule has 0 spiro atoms. The topological polar surface area (TPSA) is 102 Å². The number of methoxy groups -OCH3 is 1. The van der Waals surface area contributed by atoms with Crippen LogP contribution in [0.3, 0.4) is 0 Å². The molecule has 0 radical (unpaired) electrons. The lowest BCUT2D eigenvalue weighted by Gasteiger charge is -2.06. The SMILES string of the molecule is C=C/C=C(\C=C/COC)n1cnc2c(sc3ncnc(NCCO)c32)c1=O. The first-order chi connectivity index (χ1) is 13.2. The number of thiophene rings is 1. The van der Waals surface area contributed by atoms with Crippen molar-refractivity contribution < 1.29 is 9.84 Å². The van der Waals surface area contributed by atoms with Crippen molar-refractivity contribution >= 4 is 43.3 Å². The van der Waals surface area contributed by atoms with Crippen LogP contribution in [0.1, 0.15) is 0 Å². The molecule has 0 saturated carbocycles. The van der Waals surface area contributed by atoms with Crippen LogP contribution < -0.4 is 10.9 Å². The minimum Gasteiger partial charge on any atom is -0.395 e. The first-order valence-electron chi connectivity index (χ1n) is 8.19. The highest BCUT2D eigenvalue weighted by molar-refractivity contribution is 7.25. The fraction of sp³-hybridized carbons (Fsp3) is 0.222. The van der Waals surface area contributed by atoms with Crippen LogP contribution >= 0.6 is 11.3 Å². The van der Waals surface area contributed by atoms with E-state index >= 15 is 0 Å². The summed E-state index contributed by atoms with van der Waals surface area (Å²) in [7, 11) is 1.60. The number of fused-ring (bicyclic) bond motifs is 3. The zero-order chi connectivity index (χ0) is 19.2. The van der Waals surface area contributed by atoms with Gasteiger partial charge in [0.15, 0.2) is 0 Å². The van der Waals surface area contributed by atoms with Gasteiger partial charge in [-0.05, 0) is 12.2 Å². The highest BCUT2D eigenvalue weighted by Gasteiger charge is 2.17. The standard InChI is InChI=1S/C18H19N5O3S/c1-3-5-12(6-4-9-26-2)23-11-22-14-13-16(19-7-8-24)20-10-21-17(13)27-15(14)18(23)25/h3-6,10-11,24H,1,7-9H2,2H3,(H,19,20,21)/b6-4-,12-5+. The number of hydrogen-bond acceptors (Lipinski definition) is 8. The third kappa shape index (κ3) is 3.80. The maximum Gasteiger partial charge on any atom is 0.275 e. The number of allylic oxidation sites excluding steroid dienone is 4. The third-order valence-corrected chi connectivity index (χ3v) is 4.78. The molecule has 0 bridgehead atoms. The molecule has 0 fully saturated rings. The lowest BCUT2D eigenvalue weighted by atomic mass is 10.3. The number of nitrogens with zero attached hydrogens (tertiary/aromatic N) is 4. The van der Waals surface area contributed by atoms with Crippen molar-refractivity contribution in [3.05, 3.63) is 53.9 Å². The van der Waals surface area contributed by atoms with Crippen LogP contribution in [-0.2, 0) is 4.74 Å². The number of aromatic nitrogens is 4. The van der Waals surface area contributed by atoms with E-state index in [1.165, 1.54) is 28.6 Å². The minimum atomic E-state index is -0.203. The largest absolute Gasteiger partial charge is 0.395 e. The van der Waals surface area contributed by atoms with Crippen LogP contribution in [0.25, 0.3) is 26.1 Å². The Balaban J connectivity index is 2.18. The predicted octanol–water partition coefficient (Wildman–Crippen LogP) is 2.03. The maximum atomic E-state index is 13.1. The number of anilines is 1. The fourth-order valence-corrected chi connectivity index (χ4v) is 3.58. The summed E-state index contributed by atoms with van der Waals surface area (Å²) in [5.74, 6) is 0.548. The molecule has 0 amide bonds. The molecule has 0 saturated heterocycles. The second-order valence-corrected chi connectivity index (χ2v) is 6.44. The predicted molar refractivity (Wildman–Crippen MR) is 108 cm³/mol. The molecular weight excluding hydrogens is 366 g/mol. The number of ether oxygens (including phenoxy) is 1. The van der Waals surface area contributed by atoms with Crippen LogP contribution in [0.4, 0.5) is 5.82 Å². The molecule has 140 valence electrons. The summed E-state index contributed by atoms with van der Waals surface area (Å²) < 4.78 is 6.95. The summed E-state index contributed by atoms with van der Waals surface area (Å²) in [4.78, 5) is 26.7. The molecule has 0 aromatic carbocycles. The molecule has 3 aromatic rings. The Morgan fingerprint density at radius 2 is 2.30 bits per heavy atom. The van der Waals surface area contributed by atoms with Gasteiger partial charge < -0.3 is 15.2 Å². The molecule has 27 heavy (non-hydrogen) atoms. The van der Waals surface area contributed by atoms with Gasteiger partial charge in [-0.15, -0.1) is 11.3 Å². The summed E-state index contributed by atoms with van der Waals surface area (Å²) in [6.07, 6.45) is 9.82. The zero-order valence-corrected chi connectivity index (χ0v) is 15.6. The van der Waals surface area contributed by atoms with Crippen LogP contribution in [-0.4, -0.2) is 51.5 Å². The van der Waals surface area contributed by atoms with Gasteiger partial charge in [-0.1, -0.05) is 18.7 Å². The van der Waals surface area contributed by atoms with Gasteiger partial charge >= 0.3 is 0 Å². The molecule has 0 aliphatic heterocycles. The van der Waals surface area contributed by atoms with Crippen molar-refractivity contribution in [1.29, 1.82) is 0 Å². The van der Waals surface area contributed by atoms with E-state index in [2.05, 4.69) is 26.8 Å². The molecule has 8 nitrogen and oxygen atoms in total. The Kier molecular flexibility index (Phi) is 6.07. The number of aliphatic hydroxyl groups excluding tert-OH is 1. The molecule has 3 aromatic heterocycles. The van der Waals surface area contributed by atoms with Crippen molar-refractivity contribution in [2.24, 2.45) is 0 Å². The van der Waals surface area contributed by atoms with E-state index < -0.39 is 0 Å². The molecule has 0 atom stereocenters. The van der Waals surface area contributed by atoms with Gasteiger partial charge in [0, 0.05) is 19.4 Å². The van der Waals surface area contributed by atoms with Gasteiger partial charge in [0.05, 0.1) is 18.6 Å². The van der Waals surface area contributed by atoms with Gasteiger partial charge in [0.1, 0.15) is 33.5 Å². The molecule has 2 N–H and O–H groups in total. The van der Waals surface area contributed by atoms with Gasteiger partial charge in [-0.2, -0.15) is 0 Å². The molecule has 0 aliphatic carbocycles. The normalized spacial score (nSPS) is 12.3. The Morgan fingerprint density at radius 1 is 1.44 bits per heavy atom. The molecule has 3 rings (SSSR count). The second kappa shape index (κ2) is 8.67. The van der Waals surface area contributed by atoms with Gasteiger partial charge in [0.25, 0.3) is 5.56 Å². The fourth-order valence-electron chi connectivity index (χ4n) is 2.56. The van der Waals surface area contributed by atoms with Crippen molar-refractivity contribution in [2.45, 2.75) is 0 Å². The molecule has 0 aliphatic rings. The second-order valence-electron chi connectivity index (χ2n) is 5.44. The van der Waals surface area contributed by atoms with E-state index in [0.717, 1.165) is 0 Å². The number of aliphatic hydroxyl groups is 1. The summed E-state index contributed by atoms with van der Waals surface area (Å²) in [5.41, 5.74) is 0.964. The van der Waals surface area contributed by atoms with E-state index in [1.807, 2.05) is 0 Å². The van der Waals surface area contributed by atoms with Gasteiger partial charge in [-0.25, -0.2) is 15.0 Å². The Bertz CT molecular complexity index is 1080. The Hall–Kier alpha value is -2.88. The summed E-state index contributed by atoms with van der Waals surface area (Å²) in [6, 6.07) is 0. The summed E-state index contributed by atoms with van der Waals surface area (Å²) in [6.45, 7) is 4.44. The van der Waals surface area contributed by atoms with Crippen LogP contribution in [0.5, 0.6) is 0 Å². The van der Waals surface area contributed by atoms with Crippen molar-refractivity contribution in [3.8, 4) is 0 Å². The molecular formula is C18H19N5O3S. The van der Waals surface area contributed by atoms with E-state index in [1.54, 1.807) is 31.4 Å². The summed E-state index contributed by atoms with van der Waals surface area (Å²) in [5, 5.41) is 12.8. The highest BCUT2D eigenvalue weighted by Crippen LogP contribution is 2.32. The Morgan fingerprint density at radius 3 is 3.04 bits per heavy atom. The van der Waals surface area contributed by atoms with Gasteiger partial charge in [-0.3, -0.25) is 9.36 Å². The molecule has 0 unspecified atom stereocenters. The number of hydrogen-bond donors (Lipinski definition) is 2. The Labute approximate surface area is 159 Å². The first kappa shape index (κ1) is 18.9. The van der Waals surface area contributed by atoms with E-state index in [9.17, 15) is 4.79 Å². The van der Waals surface area contributed by atoms with Gasteiger partial charge in [0.2, 0.25) is 0 Å². The van der Waals surface area contributed by atoms with Crippen molar-refractivity contribution in [3.63, 3.8) is 0 Å². The minimum absolute atomic E-state index is 0.0304. The lowest BCUT2D eigenvalue weighted by Crippen LogP contribution is -2.18. The maximum absolute atomic E-state index is 13.1. The van der Waals surface area contributed by atoms with Crippen LogP contribution in [0.2, 0.25) is 0 Å². The average molecular weight is 385 g/mol. The van der Waals surface area contributed by atoms with E-state index in [4.69, 9.17) is 9.84 Å². The van der Waals surface area contributed by atoms with Crippen molar-refractivity contribution in [1.82, 2.24) is 19.5 Å². The van der Waals surface area contributed by atoms with E-state index in [0.29, 0.717) is 45.1 Å². The molecule has 3 heterocycles. The zero-order valence-electron chi connectivity index (χ0n) is 14.8. The number of nitrogens with one attached hydrogen (secondary N) is 1. The highest BCUT2D eigenvalue weighted by atomic mass is 32.1. The molecule has 9 heteroatoms. The smallest absolute Gasteiger partial charge is 0.275 e. The van der Waals surface area contributed by atoms with Crippen LogP contribution in [0.15, 0.2) is 48.3 Å². The van der Waals surface area contributed by atoms with E-state index in [-0.39, 0.29) is 12.2 Å². The third-order valence-electron chi connectivity index (χ3n) is 3.70. The average Bonchev–Trinajstić information content (AvgIpc) is 3.06. The lowest BCUT2D eigenvalue weighted by molar-refractivity contribution is 0.234. The van der Waals surface area contributed by atoms with Crippen LogP contribution in [0, 0.1) is 0 Å². The monoisotopic (exact) mass is 385 g/mol. The number of rotatable bonds is 8.